The van der Waals surface area contributed by atoms with E-state index in [1.54, 1.807) is 0 Å². The Kier molecular flexibility index (Phi) is 3.37. The summed E-state index contributed by atoms with van der Waals surface area (Å²) in [6.45, 7) is 7.73. The smallest absolute Gasteiger partial charge is 0.399 e. The van der Waals surface area contributed by atoms with Gasteiger partial charge in [0.2, 0.25) is 0 Å². The Bertz CT molecular complexity index is 524. The molecule has 4 nitrogen and oxygen atoms in total. The number of halogens is 1. The van der Waals surface area contributed by atoms with Gasteiger partial charge in [-0.25, -0.2) is 4.39 Å². The lowest BCUT2D eigenvalue weighted by molar-refractivity contribution is 0.00578. The zero-order chi connectivity index (χ0) is 14.3. The lowest BCUT2D eigenvalue weighted by Crippen LogP contribution is -2.41. The highest BCUT2D eigenvalue weighted by Crippen LogP contribution is 2.36. The molecule has 1 fully saturated rings. The van der Waals surface area contributed by atoms with Crippen molar-refractivity contribution in [1.29, 1.82) is 5.26 Å². The summed E-state index contributed by atoms with van der Waals surface area (Å²) >= 11 is 0. The number of hydrogen-bond donors (Lipinski definition) is 0. The fraction of sp³-hybridized carbons (Fsp3) is 0.538. The second-order valence-electron chi connectivity index (χ2n) is 5.62. The van der Waals surface area contributed by atoms with Crippen molar-refractivity contribution in [3.05, 3.63) is 23.8 Å². The summed E-state index contributed by atoms with van der Waals surface area (Å²) in [5.41, 5.74) is -0.278. The monoisotopic (exact) mass is 262 g/mol. The van der Waals surface area contributed by atoms with Crippen LogP contribution in [0.3, 0.4) is 0 Å². The molecule has 2 rings (SSSR count). The van der Waals surface area contributed by atoms with Gasteiger partial charge in [-0.1, -0.05) is 0 Å². The molecule has 0 amide bonds. The van der Waals surface area contributed by atoms with Crippen molar-refractivity contribution >= 4 is 12.6 Å². The molecule has 0 N–H and O–H groups in total. The van der Waals surface area contributed by atoms with Gasteiger partial charge in [0.25, 0.3) is 0 Å². The Labute approximate surface area is 112 Å². The minimum absolute atomic E-state index is 0.0462. The predicted molar refractivity (Wildman–Crippen MR) is 69.2 cm³/mol. The standard InChI is InChI=1S/C13H16BFN2O2/c1-12(2)13(3,4)19-14(18-12)9-7-10(15)11(5-6-16)17-8-9/h7-8H,5H2,1-4H3. The van der Waals surface area contributed by atoms with Crippen molar-refractivity contribution in [2.75, 3.05) is 0 Å². The minimum atomic E-state index is -0.636. The normalized spacial score (nSPS) is 20.3. The average molecular weight is 262 g/mol. The van der Waals surface area contributed by atoms with Crippen LogP contribution in [0.2, 0.25) is 0 Å². The largest absolute Gasteiger partial charge is 0.496 e. The van der Waals surface area contributed by atoms with Gasteiger partial charge in [-0.15, -0.1) is 0 Å². The lowest BCUT2D eigenvalue weighted by Gasteiger charge is -2.32. The van der Waals surface area contributed by atoms with Crippen LogP contribution in [0, 0.1) is 17.1 Å². The molecule has 1 saturated heterocycles. The molecule has 1 aliphatic heterocycles. The molecule has 0 spiro atoms. The molecule has 2 heterocycles. The van der Waals surface area contributed by atoms with Crippen LogP contribution in [-0.2, 0) is 15.7 Å². The Morgan fingerprint density at radius 3 is 2.37 bits per heavy atom. The maximum Gasteiger partial charge on any atom is 0.496 e. The van der Waals surface area contributed by atoms with E-state index in [-0.39, 0.29) is 12.1 Å². The van der Waals surface area contributed by atoms with Gasteiger partial charge >= 0.3 is 7.12 Å². The van der Waals surface area contributed by atoms with Crippen molar-refractivity contribution in [2.45, 2.75) is 45.3 Å². The number of rotatable bonds is 2. The molecular formula is C13H16BFN2O2. The molecule has 100 valence electrons. The molecule has 0 atom stereocenters. The van der Waals surface area contributed by atoms with Crippen LogP contribution in [0.1, 0.15) is 33.4 Å². The summed E-state index contributed by atoms with van der Waals surface area (Å²) in [6, 6.07) is 3.20. The Hall–Kier alpha value is -1.45. The van der Waals surface area contributed by atoms with Crippen LogP contribution in [0.4, 0.5) is 4.39 Å². The third-order valence-corrected chi connectivity index (χ3v) is 3.71. The zero-order valence-electron chi connectivity index (χ0n) is 11.5. The molecule has 0 bridgehead atoms. The summed E-state index contributed by atoms with van der Waals surface area (Å²) < 4.78 is 25.4. The average Bonchev–Trinajstić information content (AvgIpc) is 2.51. The van der Waals surface area contributed by atoms with Crippen molar-refractivity contribution < 1.29 is 13.7 Å². The van der Waals surface area contributed by atoms with Gasteiger partial charge in [0, 0.05) is 11.7 Å². The van der Waals surface area contributed by atoms with Crippen LogP contribution >= 0.6 is 0 Å². The van der Waals surface area contributed by atoms with Crippen molar-refractivity contribution in [1.82, 2.24) is 4.98 Å². The van der Waals surface area contributed by atoms with Gasteiger partial charge < -0.3 is 9.31 Å². The van der Waals surface area contributed by atoms with E-state index in [2.05, 4.69) is 4.98 Å². The number of hydrogen-bond acceptors (Lipinski definition) is 4. The fourth-order valence-corrected chi connectivity index (χ4v) is 1.79. The minimum Gasteiger partial charge on any atom is -0.399 e. The fourth-order valence-electron chi connectivity index (χ4n) is 1.79. The van der Waals surface area contributed by atoms with Crippen molar-refractivity contribution in [3.63, 3.8) is 0 Å². The Morgan fingerprint density at radius 1 is 1.32 bits per heavy atom. The van der Waals surface area contributed by atoms with E-state index in [4.69, 9.17) is 14.6 Å². The highest BCUT2D eigenvalue weighted by atomic mass is 19.1. The number of nitrogens with zero attached hydrogens (tertiary/aromatic N) is 2. The number of aromatic nitrogens is 1. The molecule has 0 aromatic carbocycles. The summed E-state index contributed by atoms with van der Waals surface area (Å²) in [4.78, 5) is 3.95. The summed E-state index contributed by atoms with van der Waals surface area (Å²) in [6.07, 6.45) is 1.45. The zero-order valence-corrected chi connectivity index (χ0v) is 11.5. The Morgan fingerprint density at radius 2 is 1.89 bits per heavy atom. The van der Waals surface area contributed by atoms with E-state index in [9.17, 15) is 4.39 Å². The highest BCUT2D eigenvalue weighted by Gasteiger charge is 2.51. The first-order valence-electron chi connectivity index (χ1n) is 6.14. The summed E-state index contributed by atoms with van der Waals surface area (Å²) in [5, 5.41) is 8.56. The second-order valence-corrected chi connectivity index (χ2v) is 5.62. The summed E-state index contributed by atoms with van der Waals surface area (Å²) in [7, 11) is -0.636. The maximum atomic E-state index is 13.8. The lowest BCUT2D eigenvalue weighted by atomic mass is 9.80. The molecule has 1 aromatic heterocycles. The molecular weight excluding hydrogens is 246 g/mol. The molecule has 0 saturated carbocycles. The number of pyridine rings is 1. The van der Waals surface area contributed by atoms with Gasteiger partial charge in [-0.05, 0) is 33.8 Å². The van der Waals surface area contributed by atoms with Crippen LogP contribution in [0.15, 0.2) is 12.3 Å². The van der Waals surface area contributed by atoms with Crippen LogP contribution in [-0.4, -0.2) is 23.3 Å². The van der Waals surface area contributed by atoms with E-state index >= 15 is 0 Å². The third kappa shape index (κ3) is 2.49. The molecule has 19 heavy (non-hydrogen) atoms. The van der Waals surface area contributed by atoms with Gasteiger partial charge in [-0.3, -0.25) is 4.98 Å². The molecule has 6 heteroatoms. The van der Waals surface area contributed by atoms with E-state index in [0.29, 0.717) is 5.46 Å². The molecule has 1 aliphatic rings. The molecule has 0 unspecified atom stereocenters. The highest BCUT2D eigenvalue weighted by molar-refractivity contribution is 6.62. The SMILES string of the molecule is CC1(C)OB(c2cnc(CC#N)c(F)c2)OC1(C)C. The van der Waals surface area contributed by atoms with E-state index in [0.717, 1.165) is 0 Å². The van der Waals surface area contributed by atoms with Crippen LogP contribution in [0.25, 0.3) is 0 Å². The van der Waals surface area contributed by atoms with E-state index in [1.807, 2.05) is 33.8 Å². The van der Waals surface area contributed by atoms with E-state index in [1.165, 1.54) is 12.3 Å². The molecule has 0 radical (unpaired) electrons. The van der Waals surface area contributed by atoms with Crippen LogP contribution < -0.4 is 5.46 Å². The molecule has 1 aromatic rings. The third-order valence-electron chi connectivity index (χ3n) is 3.71. The topological polar surface area (TPSA) is 55.1 Å². The molecule has 0 aliphatic carbocycles. The summed E-state index contributed by atoms with van der Waals surface area (Å²) in [5.74, 6) is -0.506. The first-order chi connectivity index (χ1) is 8.77. The van der Waals surface area contributed by atoms with Gasteiger partial charge in [0.05, 0.1) is 29.4 Å². The first-order valence-corrected chi connectivity index (χ1v) is 6.14. The Balaban J connectivity index is 2.26. The van der Waals surface area contributed by atoms with Gasteiger partial charge in [0.15, 0.2) is 0 Å². The second kappa shape index (κ2) is 4.59. The van der Waals surface area contributed by atoms with Crippen molar-refractivity contribution in [3.8, 4) is 6.07 Å². The van der Waals surface area contributed by atoms with Crippen LogP contribution in [0.5, 0.6) is 0 Å². The van der Waals surface area contributed by atoms with Crippen molar-refractivity contribution in [2.24, 2.45) is 0 Å². The quantitative estimate of drug-likeness (QED) is 0.759. The predicted octanol–water partition coefficient (Wildman–Crippen LogP) is 1.59. The number of nitriles is 1. The first kappa shape index (κ1) is 14.0. The van der Waals surface area contributed by atoms with E-state index < -0.39 is 24.1 Å². The van der Waals surface area contributed by atoms with Gasteiger partial charge in [-0.2, -0.15) is 5.26 Å². The van der Waals surface area contributed by atoms with Gasteiger partial charge in [0.1, 0.15) is 5.82 Å². The maximum absolute atomic E-state index is 13.8.